The summed E-state index contributed by atoms with van der Waals surface area (Å²) in [5.74, 6) is 1.22. The molecule has 2 N–H and O–H groups in total. The number of methoxy groups -OCH3 is 1. The highest BCUT2D eigenvalue weighted by Gasteiger charge is 2.18. The van der Waals surface area contributed by atoms with E-state index in [0.717, 1.165) is 28.0 Å². The average Bonchev–Trinajstić information content (AvgIpc) is 2.77. The number of hydrogen-bond donors (Lipinski definition) is 0. The maximum absolute atomic E-state index is 10.9. The number of rotatable bonds is 6. The Balaban J connectivity index is 0.000000477. The molecule has 2 aromatic carbocycles. The second-order valence-corrected chi connectivity index (χ2v) is 9.36. The fourth-order valence-corrected chi connectivity index (χ4v) is 2.73. The van der Waals surface area contributed by atoms with Crippen LogP contribution in [0.15, 0.2) is 48.5 Å². The first-order valence-electron chi connectivity index (χ1n) is 11.5. The van der Waals surface area contributed by atoms with E-state index in [1.54, 1.807) is 7.11 Å². The highest BCUT2D eigenvalue weighted by molar-refractivity contribution is 5.79. The molecule has 0 radical (unpaired) electrons. The third kappa shape index (κ3) is 10.1. The number of esters is 1. The maximum atomic E-state index is 10.9. The number of carbonyl (C=O) groups is 1. The van der Waals surface area contributed by atoms with E-state index >= 15 is 0 Å². The molecule has 1 heterocycles. The molecule has 0 bridgehead atoms. The van der Waals surface area contributed by atoms with Crippen LogP contribution >= 0.6 is 0 Å². The van der Waals surface area contributed by atoms with Gasteiger partial charge in [0.25, 0.3) is 0 Å². The number of fused-ring (bicyclic) bond motifs is 1. The van der Waals surface area contributed by atoms with Crippen molar-refractivity contribution in [2.75, 3.05) is 7.11 Å². The smallest absolute Gasteiger partial charge is 0.308 e. The molecule has 0 amide bonds. The molecule has 0 aliphatic heterocycles. The van der Waals surface area contributed by atoms with E-state index in [1.807, 2.05) is 109 Å². The Bertz CT molecular complexity index is 1100. The third-order valence-corrected chi connectivity index (χ3v) is 4.34. The highest BCUT2D eigenvalue weighted by Crippen LogP contribution is 2.22. The molecule has 0 unspecified atom stereocenters. The summed E-state index contributed by atoms with van der Waals surface area (Å²) in [4.78, 5) is 20.2. The minimum Gasteiger partial charge on any atom is -0.497 e. The van der Waals surface area contributed by atoms with E-state index in [0.29, 0.717) is 5.88 Å². The summed E-state index contributed by atoms with van der Waals surface area (Å²) in [5.41, 5.74) is 3.11. The van der Waals surface area contributed by atoms with Gasteiger partial charge in [0.05, 0.1) is 30.2 Å². The number of hydrogen-bond acceptors (Lipinski definition) is 6. The molecule has 0 saturated carbocycles. The van der Waals surface area contributed by atoms with Gasteiger partial charge < -0.3 is 19.7 Å². The summed E-state index contributed by atoms with van der Waals surface area (Å²) in [5, 5.41) is 0. The molecule has 3 rings (SSSR count). The van der Waals surface area contributed by atoms with Gasteiger partial charge in [-0.3, -0.25) is 4.79 Å². The summed E-state index contributed by atoms with van der Waals surface area (Å²) in [6, 6.07) is 15.6. The number of benzene rings is 2. The zero-order valence-corrected chi connectivity index (χ0v) is 22.0. The van der Waals surface area contributed by atoms with Crippen molar-refractivity contribution in [1.82, 2.24) is 9.97 Å². The summed E-state index contributed by atoms with van der Waals surface area (Å²) >= 11 is 0. The van der Waals surface area contributed by atoms with Gasteiger partial charge in [0.1, 0.15) is 17.0 Å². The molecular weight excluding hydrogens is 444 g/mol. The van der Waals surface area contributed by atoms with Crippen LogP contribution in [0.5, 0.6) is 11.6 Å². The normalized spacial score (nSPS) is 11.1. The van der Waals surface area contributed by atoms with Crippen LogP contribution in [0.25, 0.3) is 23.2 Å². The third-order valence-electron chi connectivity index (χ3n) is 4.34. The summed E-state index contributed by atoms with van der Waals surface area (Å²) in [6.45, 7) is 13.2. The van der Waals surface area contributed by atoms with Crippen molar-refractivity contribution in [2.45, 2.75) is 60.2 Å². The molecule has 0 aliphatic rings. The fraction of sp³-hybridized carbons (Fsp3) is 0.393. The molecule has 0 aliphatic carbocycles. The van der Waals surface area contributed by atoms with Crippen LogP contribution in [-0.2, 0) is 9.53 Å². The van der Waals surface area contributed by atoms with Gasteiger partial charge in [0.15, 0.2) is 0 Å². The van der Waals surface area contributed by atoms with E-state index in [4.69, 9.17) is 14.2 Å². The lowest BCUT2D eigenvalue weighted by molar-refractivity contribution is -0.158. The Kier molecular flexibility index (Phi) is 11.4. The van der Waals surface area contributed by atoms with Crippen LogP contribution in [0.1, 0.15) is 59.7 Å². The van der Waals surface area contributed by atoms with E-state index in [9.17, 15) is 4.79 Å². The van der Waals surface area contributed by atoms with Crippen molar-refractivity contribution in [3.05, 3.63) is 59.8 Å². The minimum atomic E-state index is -0.346. The van der Waals surface area contributed by atoms with E-state index in [2.05, 4.69) is 9.97 Å². The van der Waals surface area contributed by atoms with Gasteiger partial charge >= 0.3 is 5.97 Å². The SMILES string of the molecule is CC(C)C(=O)OC(C)(C)C.COc1ccc(/C=C/c2nc3ccccc3nc2OC(C)C)cc1.O. The largest absolute Gasteiger partial charge is 0.497 e. The van der Waals surface area contributed by atoms with Gasteiger partial charge in [-0.25, -0.2) is 9.97 Å². The number of aromatic nitrogens is 2. The monoisotopic (exact) mass is 482 g/mol. The standard InChI is InChI=1S/C20H20N2O2.C8H16O2.H2O/c1-14(2)24-20-19(21-17-6-4-5-7-18(17)22-20)13-10-15-8-11-16(23-3)12-9-15;1-6(2)7(9)10-8(3,4)5;/h4-14H,1-3H3;6H,1-5H3;1H2/b13-10+;;. The van der Waals surface area contributed by atoms with Crippen molar-refractivity contribution in [3.63, 3.8) is 0 Å². The second-order valence-electron chi connectivity index (χ2n) is 9.36. The number of nitrogens with zero attached hydrogens (tertiary/aromatic N) is 2. The maximum Gasteiger partial charge on any atom is 0.308 e. The fourth-order valence-electron chi connectivity index (χ4n) is 2.73. The van der Waals surface area contributed by atoms with Crippen LogP contribution in [0.3, 0.4) is 0 Å². The van der Waals surface area contributed by atoms with E-state index < -0.39 is 0 Å². The highest BCUT2D eigenvalue weighted by atomic mass is 16.6. The quantitative estimate of drug-likeness (QED) is 0.414. The van der Waals surface area contributed by atoms with Gasteiger partial charge in [0.2, 0.25) is 5.88 Å². The summed E-state index contributed by atoms with van der Waals surface area (Å²) in [6.07, 6.45) is 3.96. The number of carbonyl (C=O) groups excluding carboxylic acids is 1. The Labute approximate surface area is 208 Å². The summed E-state index contributed by atoms with van der Waals surface area (Å²) < 4.78 is 16.1. The van der Waals surface area contributed by atoms with Crippen molar-refractivity contribution in [2.24, 2.45) is 5.92 Å². The molecule has 190 valence electrons. The molecule has 7 nitrogen and oxygen atoms in total. The molecule has 7 heteroatoms. The first-order chi connectivity index (χ1) is 16.0. The molecule has 0 atom stereocenters. The van der Waals surface area contributed by atoms with Gasteiger partial charge in [-0.15, -0.1) is 0 Å². The van der Waals surface area contributed by atoms with Crippen LogP contribution in [0.4, 0.5) is 0 Å². The minimum absolute atomic E-state index is 0. The lowest BCUT2D eigenvalue weighted by Crippen LogP contribution is -2.26. The Morgan fingerprint density at radius 2 is 1.46 bits per heavy atom. The van der Waals surface area contributed by atoms with E-state index in [-0.39, 0.29) is 29.1 Å². The zero-order chi connectivity index (χ0) is 25.3. The topological polar surface area (TPSA) is 102 Å². The summed E-state index contributed by atoms with van der Waals surface area (Å²) in [7, 11) is 1.66. The Hall–Kier alpha value is -3.45. The molecule has 3 aromatic rings. The molecule has 0 spiro atoms. The average molecular weight is 483 g/mol. The van der Waals surface area contributed by atoms with Gasteiger partial charge in [0, 0.05) is 0 Å². The Morgan fingerprint density at radius 3 is 1.91 bits per heavy atom. The van der Waals surface area contributed by atoms with Crippen molar-refractivity contribution in [1.29, 1.82) is 0 Å². The van der Waals surface area contributed by atoms with Crippen LogP contribution in [-0.4, -0.2) is 40.2 Å². The van der Waals surface area contributed by atoms with Crippen LogP contribution < -0.4 is 9.47 Å². The predicted octanol–water partition coefficient (Wildman–Crippen LogP) is 5.76. The van der Waals surface area contributed by atoms with E-state index in [1.165, 1.54) is 0 Å². The van der Waals surface area contributed by atoms with Gasteiger partial charge in [-0.1, -0.05) is 44.2 Å². The molecular formula is C28H38N2O5. The number of para-hydroxylation sites is 2. The zero-order valence-electron chi connectivity index (χ0n) is 22.0. The molecule has 0 fully saturated rings. The first-order valence-corrected chi connectivity index (χ1v) is 11.5. The molecule has 0 saturated heterocycles. The van der Waals surface area contributed by atoms with Crippen molar-refractivity contribution in [3.8, 4) is 11.6 Å². The molecule has 35 heavy (non-hydrogen) atoms. The van der Waals surface area contributed by atoms with Gasteiger partial charge in [-0.2, -0.15) is 0 Å². The second kappa shape index (κ2) is 13.4. The Morgan fingerprint density at radius 1 is 0.886 bits per heavy atom. The van der Waals surface area contributed by atoms with Crippen LogP contribution in [0.2, 0.25) is 0 Å². The van der Waals surface area contributed by atoms with Gasteiger partial charge in [-0.05, 0) is 70.5 Å². The number of ether oxygens (including phenoxy) is 3. The lowest BCUT2D eigenvalue weighted by atomic mass is 10.1. The van der Waals surface area contributed by atoms with Crippen molar-refractivity contribution >= 4 is 29.2 Å². The van der Waals surface area contributed by atoms with Crippen LogP contribution in [0, 0.1) is 5.92 Å². The molecule has 1 aromatic heterocycles. The van der Waals surface area contributed by atoms with Crippen molar-refractivity contribution < 1.29 is 24.5 Å². The lowest BCUT2D eigenvalue weighted by Gasteiger charge is -2.20. The predicted molar refractivity (Wildman–Crippen MR) is 142 cm³/mol. The first kappa shape index (κ1) is 29.6.